The topological polar surface area (TPSA) is 42.2 Å². The lowest BCUT2D eigenvalue weighted by molar-refractivity contribution is 0.263. The van der Waals surface area contributed by atoms with Crippen molar-refractivity contribution in [2.75, 3.05) is 7.05 Å². The molecule has 0 aliphatic carbocycles. The van der Waals surface area contributed by atoms with Gasteiger partial charge in [-0.3, -0.25) is 9.88 Å². The fraction of sp³-hybridized carbons (Fsp3) is 0.263. The van der Waals surface area contributed by atoms with Gasteiger partial charge in [0.05, 0.1) is 17.4 Å². The molecule has 124 valence electrons. The Labute approximate surface area is 140 Å². The molecule has 0 saturated heterocycles. The minimum absolute atomic E-state index is 0.157. The second kappa shape index (κ2) is 6.93. The van der Waals surface area contributed by atoms with E-state index in [9.17, 15) is 4.39 Å². The van der Waals surface area contributed by atoms with Gasteiger partial charge in [0.15, 0.2) is 0 Å². The van der Waals surface area contributed by atoms with Crippen LogP contribution in [0.3, 0.4) is 0 Å². The third-order valence-electron chi connectivity index (χ3n) is 4.16. The maximum absolute atomic E-state index is 13.7. The van der Waals surface area contributed by atoms with E-state index >= 15 is 0 Å². The Morgan fingerprint density at radius 1 is 1.17 bits per heavy atom. The third kappa shape index (κ3) is 3.36. The average Bonchev–Trinajstić information content (AvgIpc) is 2.88. The highest BCUT2D eigenvalue weighted by Gasteiger charge is 2.23. The average molecular weight is 325 g/mol. The fourth-order valence-corrected chi connectivity index (χ4v) is 2.93. The van der Waals surface area contributed by atoms with E-state index < -0.39 is 0 Å². The van der Waals surface area contributed by atoms with Crippen molar-refractivity contribution in [2.45, 2.75) is 26.4 Å². The van der Waals surface area contributed by atoms with Gasteiger partial charge in [-0.1, -0.05) is 23.4 Å². The van der Waals surface area contributed by atoms with Crippen molar-refractivity contribution in [3.63, 3.8) is 0 Å². The molecule has 0 unspecified atom stereocenters. The minimum atomic E-state index is -0.251. The van der Waals surface area contributed by atoms with Crippen molar-refractivity contribution < 1.29 is 8.91 Å². The Morgan fingerprint density at radius 3 is 2.62 bits per heavy atom. The third-order valence-corrected chi connectivity index (χ3v) is 4.16. The van der Waals surface area contributed by atoms with E-state index in [4.69, 9.17) is 4.52 Å². The van der Waals surface area contributed by atoms with Crippen molar-refractivity contribution in [1.29, 1.82) is 0 Å². The van der Waals surface area contributed by atoms with Crippen LogP contribution in [0.2, 0.25) is 0 Å². The summed E-state index contributed by atoms with van der Waals surface area (Å²) in [6.07, 6.45) is 1.76. The molecule has 3 aromatic rings. The molecule has 0 fully saturated rings. The zero-order valence-corrected chi connectivity index (χ0v) is 14.0. The first-order chi connectivity index (χ1) is 11.6. The van der Waals surface area contributed by atoms with E-state index in [1.165, 1.54) is 6.07 Å². The van der Waals surface area contributed by atoms with E-state index in [0.29, 0.717) is 6.54 Å². The number of aromatic nitrogens is 2. The predicted octanol–water partition coefficient (Wildman–Crippen LogP) is 4.05. The van der Waals surface area contributed by atoms with E-state index in [-0.39, 0.29) is 11.9 Å². The van der Waals surface area contributed by atoms with E-state index in [0.717, 1.165) is 28.3 Å². The first kappa shape index (κ1) is 16.3. The van der Waals surface area contributed by atoms with Crippen LogP contribution in [0.5, 0.6) is 0 Å². The minimum Gasteiger partial charge on any atom is -0.361 e. The first-order valence-corrected chi connectivity index (χ1v) is 7.84. The highest BCUT2D eigenvalue weighted by Crippen LogP contribution is 2.29. The van der Waals surface area contributed by atoms with Crippen LogP contribution < -0.4 is 0 Å². The van der Waals surface area contributed by atoms with Crippen LogP contribution >= 0.6 is 0 Å². The van der Waals surface area contributed by atoms with E-state index in [2.05, 4.69) is 15.0 Å². The molecule has 2 heterocycles. The van der Waals surface area contributed by atoms with Crippen molar-refractivity contribution >= 4 is 0 Å². The fourth-order valence-electron chi connectivity index (χ4n) is 2.93. The van der Waals surface area contributed by atoms with E-state index in [1.807, 2.05) is 45.2 Å². The highest BCUT2D eigenvalue weighted by atomic mass is 19.1. The van der Waals surface area contributed by atoms with Crippen molar-refractivity contribution in [2.24, 2.45) is 0 Å². The van der Waals surface area contributed by atoms with Gasteiger partial charge < -0.3 is 4.52 Å². The Bertz CT molecular complexity index is 797. The molecule has 24 heavy (non-hydrogen) atoms. The van der Waals surface area contributed by atoms with Gasteiger partial charge in [-0.05, 0) is 50.7 Å². The second-order valence-electron chi connectivity index (χ2n) is 5.93. The number of halogens is 1. The number of rotatable bonds is 5. The van der Waals surface area contributed by atoms with E-state index in [1.54, 1.807) is 18.3 Å². The maximum Gasteiger partial charge on any atom is 0.138 e. The molecule has 1 atom stereocenters. The summed E-state index contributed by atoms with van der Waals surface area (Å²) < 4.78 is 19.0. The highest BCUT2D eigenvalue weighted by molar-refractivity contribution is 5.29. The molecular formula is C19H20FN3O. The molecule has 0 N–H and O–H groups in total. The van der Waals surface area contributed by atoms with Crippen LogP contribution in [-0.4, -0.2) is 22.1 Å². The zero-order chi connectivity index (χ0) is 17.1. The summed E-state index contributed by atoms with van der Waals surface area (Å²) in [5.41, 5.74) is 3.66. The quantitative estimate of drug-likeness (QED) is 0.710. The lowest BCUT2D eigenvalue weighted by Gasteiger charge is -2.28. The van der Waals surface area contributed by atoms with Crippen molar-refractivity contribution in [3.05, 3.63) is 82.8 Å². The van der Waals surface area contributed by atoms with Crippen LogP contribution in [0, 0.1) is 19.7 Å². The smallest absolute Gasteiger partial charge is 0.138 e. The van der Waals surface area contributed by atoms with Gasteiger partial charge in [0.1, 0.15) is 11.6 Å². The maximum atomic E-state index is 13.7. The summed E-state index contributed by atoms with van der Waals surface area (Å²) in [7, 11) is 2.00. The predicted molar refractivity (Wildman–Crippen MR) is 89.9 cm³/mol. The second-order valence-corrected chi connectivity index (χ2v) is 5.93. The summed E-state index contributed by atoms with van der Waals surface area (Å²) in [5, 5.41) is 4.01. The molecule has 0 spiro atoms. The standard InChI is InChI=1S/C19H20FN3O/c1-13-17(14(2)24-22-13)12-23(3)19(18-9-4-5-10-21-18)15-7-6-8-16(20)11-15/h4-11,19H,12H2,1-3H3/t19-/m0/s1. The molecular weight excluding hydrogens is 305 g/mol. The van der Waals surface area contributed by atoms with Gasteiger partial charge >= 0.3 is 0 Å². The van der Waals surface area contributed by atoms with Gasteiger partial charge in [-0.2, -0.15) is 0 Å². The number of aryl methyl sites for hydroxylation is 2. The SMILES string of the molecule is Cc1noc(C)c1CN(C)[C@@H](c1cccc(F)c1)c1ccccn1. The number of hydrogen-bond acceptors (Lipinski definition) is 4. The Balaban J connectivity index is 1.98. The Morgan fingerprint density at radius 2 is 2.00 bits per heavy atom. The van der Waals surface area contributed by atoms with Gasteiger partial charge in [-0.25, -0.2) is 4.39 Å². The summed E-state index contributed by atoms with van der Waals surface area (Å²) in [5.74, 6) is 0.553. The van der Waals surface area contributed by atoms with Gasteiger partial charge in [0.25, 0.3) is 0 Å². The summed E-state index contributed by atoms with van der Waals surface area (Å²) in [6.45, 7) is 4.47. The van der Waals surface area contributed by atoms with Crippen LogP contribution in [0.1, 0.15) is 34.3 Å². The molecule has 0 amide bonds. The zero-order valence-electron chi connectivity index (χ0n) is 14.0. The summed E-state index contributed by atoms with van der Waals surface area (Å²) in [4.78, 5) is 6.61. The number of pyridine rings is 1. The van der Waals surface area contributed by atoms with Crippen molar-refractivity contribution in [3.8, 4) is 0 Å². The largest absolute Gasteiger partial charge is 0.361 e. The molecule has 0 saturated carbocycles. The van der Waals surface area contributed by atoms with Crippen LogP contribution in [-0.2, 0) is 6.54 Å². The molecule has 4 nitrogen and oxygen atoms in total. The molecule has 0 radical (unpaired) electrons. The Hall–Kier alpha value is -2.53. The van der Waals surface area contributed by atoms with Crippen LogP contribution in [0.25, 0.3) is 0 Å². The van der Waals surface area contributed by atoms with Crippen molar-refractivity contribution in [1.82, 2.24) is 15.0 Å². The van der Waals surface area contributed by atoms with Gasteiger partial charge in [0.2, 0.25) is 0 Å². The number of benzene rings is 1. The summed E-state index contributed by atoms with van der Waals surface area (Å²) in [6, 6.07) is 12.3. The normalized spacial score (nSPS) is 12.5. The molecule has 0 aliphatic heterocycles. The molecule has 0 bridgehead atoms. The molecule has 0 aliphatic rings. The lowest BCUT2D eigenvalue weighted by Crippen LogP contribution is -2.26. The monoisotopic (exact) mass is 325 g/mol. The Kier molecular flexibility index (Phi) is 4.71. The van der Waals surface area contributed by atoms with Gasteiger partial charge in [-0.15, -0.1) is 0 Å². The number of nitrogens with zero attached hydrogens (tertiary/aromatic N) is 3. The molecule has 1 aromatic carbocycles. The lowest BCUT2D eigenvalue weighted by atomic mass is 10.0. The molecule has 3 rings (SSSR count). The summed E-state index contributed by atoms with van der Waals surface area (Å²) >= 11 is 0. The molecule has 2 aromatic heterocycles. The van der Waals surface area contributed by atoms with Gasteiger partial charge in [0, 0.05) is 18.3 Å². The van der Waals surface area contributed by atoms with Crippen LogP contribution in [0.15, 0.2) is 53.2 Å². The first-order valence-electron chi connectivity index (χ1n) is 7.84. The van der Waals surface area contributed by atoms with Crippen LogP contribution in [0.4, 0.5) is 4.39 Å². The number of hydrogen-bond donors (Lipinski definition) is 0. The molecule has 5 heteroatoms.